The Kier molecular flexibility index (Phi) is 10.3. The van der Waals surface area contributed by atoms with Crippen LogP contribution in [0.2, 0.25) is 0 Å². The molecule has 33 heavy (non-hydrogen) atoms. The van der Waals surface area contributed by atoms with Gasteiger partial charge in [0, 0.05) is 23.6 Å². The molecule has 1 saturated heterocycles. The van der Waals surface area contributed by atoms with Gasteiger partial charge in [0.05, 0.1) is 18.4 Å². The Labute approximate surface area is 199 Å². The van der Waals surface area contributed by atoms with Gasteiger partial charge < -0.3 is 40.1 Å². The van der Waals surface area contributed by atoms with Crippen molar-refractivity contribution in [3.8, 4) is 5.75 Å². The molecule has 5 atom stereocenters. The molecule has 12 nitrogen and oxygen atoms in total. The SMILES string of the molecule is CCN(CC)CCNC(=O)c1cc(Br)c(NO[C@@H]2O[C@H](C(=O)O)[C@@H](O)[C@H](O)[C@H]2O)cc1OC. The number of nitrogens with one attached hydrogen (secondary N) is 2. The predicted octanol–water partition coefficient (Wildman–Crippen LogP) is -0.235. The number of anilines is 1. The number of hydrogen-bond donors (Lipinski definition) is 6. The second-order valence-corrected chi connectivity index (χ2v) is 8.12. The van der Waals surface area contributed by atoms with Gasteiger partial charge in [-0.05, 0) is 35.1 Å². The van der Waals surface area contributed by atoms with E-state index >= 15 is 0 Å². The van der Waals surface area contributed by atoms with Crippen molar-refractivity contribution in [2.75, 3.05) is 38.8 Å². The number of carboxylic acid groups (broad SMARTS) is 1. The van der Waals surface area contributed by atoms with Crippen molar-refractivity contribution in [2.45, 2.75) is 44.6 Å². The van der Waals surface area contributed by atoms with E-state index in [2.05, 4.69) is 31.6 Å². The molecule has 1 heterocycles. The summed E-state index contributed by atoms with van der Waals surface area (Å²) >= 11 is 3.32. The van der Waals surface area contributed by atoms with Crippen molar-refractivity contribution < 1.29 is 44.3 Å². The molecule has 1 amide bonds. The normalized spacial score (nSPS) is 25.0. The molecule has 1 aromatic carbocycles. The van der Waals surface area contributed by atoms with E-state index in [0.717, 1.165) is 13.1 Å². The van der Waals surface area contributed by atoms with Crippen LogP contribution in [0.3, 0.4) is 0 Å². The predicted molar refractivity (Wildman–Crippen MR) is 120 cm³/mol. The second kappa shape index (κ2) is 12.5. The van der Waals surface area contributed by atoms with Crippen molar-refractivity contribution in [2.24, 2.45) is 0 Å². The number of benzene rings is 1. The summed E-state index contributed by atoms with van der Waals surface area (Å²) in [6, 6.07) is 2.96. The number of aliphatic carboxylic acids is 1. The molecule has 1 aliphatic rings. The number of amides is 1. The highest BCUT2D eigenvalue weighted by molar-refractivity contribution is 9.10. The fourth-order valence-electron chi connectivity index (χ4n) is 3.21. The minimum absolute atomic E-state index is 0.230. The Morgan fingerprint density at radius 2 is 1.82 bits per heavy atom. The van der Waals surface area contributed by atoms with Crippen molar-refractivity contribution in [3.05, 3.63) is 22.2 Å². The summed E-state index contributed by atoms with van der Waals surface area (Å²) in [5.41, 5.74) is 3.03. The van der Waals surface area contributed by atoms with E-state index in [4.69, 9.17) is 19.4 Å². The monoisotopic (exact) mass is 535 g/mol. The molecule has 0 spiro atoms. The standard InChI is InChI=1S/C20H30BrN3O9/c1-4-24(5-2)7-6-22-18(28)10-8-11(21)12(9-13(10)31-3)23-33-20-16(27)14(25)15(26)17(32-20)19(29)30/h8-9,14-17,20,23,25-27H,4-7H2,1-3H3,(H,22,28)(H,29,30)/t14-,15-,16+,17-,20-/m0/s1. The molecule has 0 aliphatic carbocycles. The smallest absolute Gasteiger partial charge is 0.335 e. The van der Waals surface area contributed by atoms with Crippen LogP contribution in [0.5, 0.6) is 5.75 Å². The van der Waals surface area contributed by atoms with Crippen LogP contribution in [0.1, 0.15) is 24.2 Å². The lowest BCUT2D eigenvalue weighted by atomic mass is 9.99. The van der Waals surface area contributed by atoms with Crippen LogP contribution in [-0.2, 0) is 14.4 Å². The van der Waals surface area contributed by atoms with E-state index in [1.54, 1.807) is 0 Å². The molecule has 2 rings (SSSR count). The molecule has 6 N–H and O–H groups in total. The number of carbonyl (C=O) groups excluding carboxylic acids is 1. The zero-order chi connectivity index (χ0) is 24.7. The number of nitrogens with zero attached hydrogens (tertiary/aromatic N) is 1. The lowest BCUT2D eigenvalue weighted by Gasteiger charge is -2.38. The molecule has 0 unspecified atom stereocenters. The second-order valence-electron chi connectivity index (χ2n) is 7.27. The fraction of sp³-hybridized carbons (Fsp3) is 0.600. The lowest BCUT2D eigenvalue weighted by Crippen LogP contribution is -2.60. The van der Waals surface area contributed by atoms with Gasteiger partial charge in [-0.25, -0.2) is 9.63 Å². The number of aliphatic hydroxyl groups is 3. The molecule has 1 aliphatic heterocycles. The Balaban J connectivity index is 2.08. The topological polar surface area (TPSA) is 170 Å². The zero-order valence-electron chi connectivity index (χ0n) is 18.5. The van der Waals surface area contributed by atoms with Crippen LogP contribution < -0.4 is 15.5 Å². The Hall–Kier alpha value is -2.00. The van der Waals surface area contributed by atoms with Crippen molar-refractivity contribution >= 4 is 33.5 Å². The Bertz CT molecular complexity index is 824. The number of methoxy groups -OCH3 is 1. The van der Waals surface area contributed by atoms with Crippen LogP contribution in [0.25, 0.3) is 0 Å². The van der Waals surface area contributed by atoms with Gasteiger partial charge in [-0.3, -0.25) is 10.3 Å². The van der Waals surface area contributed by atoms with Gasteiger partial charge in [0.1, 0.15) is 24.1 Å². The number of carboxylic acids is 1. The van der Waals surface area contributed by atoms with E-state index in [1.807, 2.05) is 13.8 Å². The minimum atomic E-state index is -1.83. The summed E-state index contributed by atoms with van der Waals surface area (Å²) in [5, 5.41) is 41.6. The van der Waals surface area contributed by atoms with Gasteiger partial charge >= 0.3 is 5.97 Å². The number of aliphatic hydroxyl groups excluding tert-OH is 3. The highest BCUT2D eigenvalue weighted by Gasteiger charge is 2.47. The number of carbonyl (C=O) groups is 2. The van der Waals surface area contributed by atoms with E-state index < -0.39 is 36.7 Å². The van der Waals surface area contributed by atoms with Crippen LogP contribution in [-0.4, -0.2) is 101 Å². The third kappa shape index (κ3) is 6.76. The Morgan fingerprint density at radius 3 is 2.39 bits per heavy atom. The summed E-state index contributed by atoms with van der Waals surface area (Å²) in [6.45, 7) is 7.01. The van der Waals surface area contributed by atoms with Gasteiger partial charge in [-0.15, -0.1) is 0 Å². The average molecular weight is 536 g/mol. The first-order chi connectivity index (χ1) is 15.6. The van der Waals surface area contributed by atoms with Crippen LogP contribution in [0.15, 0.2) is 16.6 Å². The van der Waals surface area contributed by atoms with Gasteiger partial charge in [-0.2, -0.15) is 0 Å². The molecule has 1 fully saturated rings. The molecule has 13 heteroatoms. The van der Waals surface area contributed by atoms with Crippen molar-refractivity contribution in [3.63, 3.8) is 0 Å². The molecule has 1 aromatic rings. The first-order valence-electron chi connectivity index (χ1n) is 10.4. The molecule has 186 valence electrons. The molecule has 0 saturated carbocycles. The van der Waals surface area contributed by atoms with Crippen molar-refractivity contribution in [1.82, 2.24) is 10.2 Å². The van der Waals surface area contributed by atoms with E-state index in [-0.39, 0.29) is 22.9 Å². The third-order valence-corrected chi connectivity index (χ3v) is 5.90. The number of ether oxygens (including phenoxy) is 2. The number of likely N-dealkylation sites (N-methyl/N-ethyl adjacent to an activating group) is 1. The number of rotatable bonds is 11. The lowest BCUT2D eigenvalue weighted by molar-refractivity contribution is -0.287. The molecular weight excluding hydrogens is 506 g/mol. The summed E-state index contributed by atoms with van der Waals surface area (Å²) < 4.78 is 10.8. The van der Waals surface area contributed by atoms with Crippen LogP contribution in [0.4, 0.5) is 5.69 Å². The first-order valence-corrected chi connectivity index (χ1v) is 11.2. The van der Waals surface area contributed by atoms with Crippen LogP contribution >= 0.6 is 15.9 Å². The maximum absolute atomic E-state index is 12.6. The van der Waals surface area contributed by atoms with E-state index in [0.29, 0.717) is 17.6 Å². The van der Waals surface area contributed by atoms with Crippen molar-refractivity contribution in [1.29, 1.82) is 0 Å². The summed E-state index contributed by atoms with van der Waals surface area (Å²) in [6.07, 6.45) is -8.75. The minimum Gasteiger partial charge on any atom is -0.496 e. The first kappa shape index (κ1) is 27.2. The molecule has 0 radical (unpaired) electrons. The Morgan fingerprint density at radius 1 is 1.15 bits per heavy atom. The molecular formula is C20H30BrN3O9. The van der Waals surface area contributed by atoms with Gasteiger partial charge in [0.2, 0.25) is 6.29 Å². The third-order valence-electron chi connectivity index (χ3n) is 5.24. The fourth-order valence-corrected chi connectivity index (χ4v) is 3.64. The highest BCUT2D eigenvalue weighted by Crippen LogP contribution is 2.32. The maximum atomic E-state index is 12.6. The van der Waals surface area contributed by atoms with Crippen LogP contribution in [0, 0.1) is 0 Å². The largest absolute Gasteiger partial charge is 0.496 e. The summed E-state index contributed by atoms with van der Waals surface area (Å²) in [7, 11) is 1.39. The highest BCUT2D eigenvalue weighted by atomic mass is 79.9. The zero-order valence-corrected chi connectivity index (χ0v) is 20.1. The van der Waals surface area contributed by atoms with Gasteiger partial charge in [0.25, 0.3) is 5.91 Å². The number of halogens is 1. The molecule has 0 aromatic heterocycles. The molecule has 0 bridgehead atoms. The quantitative estimate of drug-likeness (QED) is 0.207. The number of hydrogen-bond acceptors (Lipinski definition) is 10. The summed E-state index contributed by atoms with van der Waals surface area (Å²) in [4.78, 5) is 31.2. The average Bonchev–Trinajstić information content (AvgIpc) is 2.80. The maximum Gasteiger partial charge on any atom is 0.335 e. The van der Waals surface area contributed by atoms with Gasteiger partial charge in [-0.1, -0.05) is 13.8 Å². The van der Waals surface area contributed by atoms with E-state index in [1.165, 1.54) is 19.2 Å². The van der Waals surface area contributed by atoms with Gasteiger partial charge in [0.15, 0.2) is 6.10 Å². The summed E-state index contributed by atoms with van der Waals surface area (Å²) in [5.74, 6) is -1.63. The van der Waals surface area contributed by atoms with E-state index in [9.17, 15) is 24.9 Å².